The Labute approximate surface area is 91.3 Å². The minimum Gasteiger partial charge on any atom is -0.481 e. The zero-order valence-electron chi connectivity index (χ0n) is 9.66. The Kier molecular flexibility index (Phi) is 5.07. The van der Waals surface area contributed by atoms with E-state index >= 15 is 0 Å². The molecule has 0 atom stereocenters. The van der Waals surface area contributed by atoms with Crippen LogP contribution in [0.1, 0.15) is 5.69 Å². The zero-order chi connectivity index (χ0) is 11.1. The highest BCUT2D eigenvalue weighted by Gasteiger charge is 1.97. The van der Waals surface area contributed by atoms with Crippen molar-refractivity contribution in [3.05, 3.63) is 23.9 Å². The minimum absolute atomic E-state index is 0.668. The standard InChI is InChI=1S/C11H19N3O/c1-14(2)8-7-12-9-10-5-4-6-11(13-10)15-3/h4-6,12H,7-9H2,1-3H3. The van der Waals surface area contributed by atoms with Gasteiger partial charge in [0.2, 0.25) is 5.88 Å². The summed E-state index contributed by atoms with van der Waals surface area (Å²) in [6, 6.07) is 5.79. The highest BCUT2D eigenvalue weighted by atomic mass is 16.5. The van der Waals surface area contributed by atoms with Gasteiger partial charge in [-0.25, -0.2) is 4.98 Å². The summed E-state index contributed by atoms with van der Waals surface area (Å²) in [4.78, 5) is 6.45. The number of nitrogens with one attached hydrogen (secondary N) is 1. The highest BCUT2D eigenvalue weighted by molar-refractivity contribution is 5.15. The third-order valence-electron chi connectivity index (χ3n) is 2.03. The molecule has 0 saturated heterocycles. The molecule has 84 valence electrons. The second-order valence-corrected chi connectivity index (χ2v) is 3.65. The topological polar surface area (TPSA) is 37.4 Å². The van der Waals surface area contributed by atoms with E-state index < -0.39 is 0 Å². The fourth-order valence-corrected chi connectivity index (χ4v) is 1.19. The van der Waals surface area contributed by atoms with Crippen molar-refractivity contribution in [2.75, 3.05) is 34.3 Å². The van der Waals surface area contributed by atoms with Crippen molar-refractivity contribution in [2.45, 2.75) is 6.54 Å². The molecule has 0 fully saturated rings. The van der Waals surface area contributed by atoms with Crippen LogP contribution in [0.4, 0.5) is 0 Å². The van der Waals surface area contributed by atoms with Gasteiger partial charge in [0.15, 0.2) is 0 Å². The van der Waals surface area contributed by atoms with Crippen LogP contribution in [0.5, 0.6) is 5.88 Å². The van der Waals surface area contributed by atoms with E-state index in [-0.39, 0.29) is 0 Å². The lowest BCUT2D eigenvalue weighted by atomic mass is 10.3. The molecule has 0 bridgehead atoms. The van der Waals surface area contributed by atoms with E-state index in [0.29, 0.717) is 5.88 Å². The van der Waals surface area contributed by atoms with Crippen LogP contribution in [-0.2, 0) is 6.54 Å². The molecule has 4 heteroatoms. The van der Waals surface area contributed by atoms with E-state index in [1.54, 1.807) is 7.11 Å². The van der Waals surface area contributed by atoms with Crippen molar-refractivity contribution in [2.24, 2.45) is 0 Å². The van der Waals surface area contributed by atoms with Crippen molar-refractivity contribution >= 4 is 0 Å². The molecule has 0 aromatic carbocycles. The average Bonchev–Trinajstić information content (AvgIpc) is 2.24. The number of likely N-dealkylation sites (N-methyl/N-ethyl adjacent to an activating group) is 1. The lowest BCUT2D eigenvalue weighted by Crippen LogP contribution is -2.26. The minimum atomic E-state index is 0.668. The van der Waals surface area contributed by atoms with Crippen molar-refractivity contribution in [3.8, 4) is 5.88 Å². The quantitative estimate of drug-likeness (QED) is 0.701. The Morgan fingerprint density at radius 2 is 2.20 bits per heavy atom. The molecule has 1 aromatic rings. The summed E-state index contributed by atoms with van der Waals surface area (Å²) in [6.45, 7) is 2.78. The third kappa shape index (κ3) is 4.76. The van der Waals surface area contributed by atoms with Crippen LogP contribution in [-0.4, -0.2) is 44.2 Å². The Hall–Kier alpha value is -1.13. The molecule has 0 aliphatic heterocycles. The molecule has 1 rings (SSSR count). The Morgan fingerprint density at radius 3 is 2.87 bits per heavy atom. The molecule has 0 saturated carbocycles. The van der Waals surface area contributed by atoms with Crippen LogP contribution in [0.15, 0.2) is 18.2 Å². The largest absolute Gasteiger partial charge is 0.481 e. The molecule has 15 heavy (non-hydrogen) atoms. The Bertz CT molecular complexity index is 289. The smallest absolute Gasteiger partial charge is 0.213 e. The van der Waals surface area contributed by atoms with Gasteiger partial charge in [0.1, 0.15) is 0 Å². The van der Waals surface area contributed by atoms with Gasteiger partial charge in [-0.05, 0) is 20.2 Å². The lowest BCUT2D eigenvalue weighted by molar-refractivity contribution is 0.391. The molecule has 4 nitrogen and oxygen atoms in total. The molecular weight excluding hydrogens is 190 g/mol. The first kappa shape index (κ1) is 11.9. The van der Waals surface area contributed by atoms with Crippen molar-refractivity contribution < 1.29 is 4.74 Å². The van der Waals surface area contributed by atoms with Crippen molar-refractivity contribution in [3.63, 3.8) is 0 Å². The lowest BCUT2D eigenvalue weighted by Gasteiger charge is -2.10. The number of aromatic nitrogens is 1. The van der Waals surface area contributed by atoms with E-state index in [0.717, 1.165) is 25.3 Å². The number of hydrogen-bond donors (Lipinski definition) is 1. The first-order chi connectivity index (χ1) is 7.22. The number of nitrogens with zero attached hydrogens (tertiary/aromatic N) is 2. The van der Waals surface area contributed by atoms with Gasteiger partial charge in [0, 0.05) is 25.7 Å². The molecule has 0 aliphatic rings. The van der Waals surface area contributed by atoms with E-state index in [1.165, 1.54) is 0 Å². The van der Waals surface area contributed by atoms with Crippen LogP contribution >= 0.6 is 0 Å². The van der Waals surface area contributed by atoms with E-state index in [4.69, 9.17) is 4.74 Å². The normalized spacial score (nSPS) is 10.7. The number of pyridine rings is 1. The zero-order valence-corrected chi connectivity index (χ0v) is 9.66. The maximum absolute atomic E-state index is 5.05. The van der Waals surface area contributed by atoms with Crippen molar-refractivity contribution in [1.82, 2.24) is 15.2 Å². The predicted octanol–water partition coefficient (Wildman–Crippen LogP) is 0.741. The monoisotopic (exact) mass is 209 g/mol. The molecule has 0 radical (unpaired) electrons. The van der Waals surface area contributed by atoms with Gasteiger partial charge < -0.3 is 15.0 Å². The summed E-state index contributed by atoms with van der Waals surface area (Å²) in [5.74, 6) is 0.668. The molecule has 1 heterocycles. The molecule has 0 unspecified atom stereocenters. The first-order valence-electron chi connectivity index (χ1n) is 5.07. The van der Waals surface area contributed by atoms with Crippen LogP contribution in [0.2, 0.25) is 0 Å². The number of rotatable bonds is 6. The second-order valence-electron chi connectivity index (χ2n) is 3.65. The van der Waals surface area contributed by atoms with Crippen LogP contribution < -0.4 is 10.1 Å². The summed E-state index contributed by atoms with van der Waals surface area (Å²) < 4.78 is 5.05. The number of hydrogen-bond acceptors (Lipinski definition) is 4. The van der Waals surface area contributed by atoms with E-state index in [2.05, 4.69) is 29.3 Å². The van der Waals surface area contributed by atoms with Gasteiger partial charge in [0.05, 0.1) is 12.8 Å². The molecule has 1 aromatic heterocycles. The van der Waals surface area contributed by atoms with Gasteiger partial charge in [0.25, 0.3) is 0 Å². The van der Waals surface area contributed by atoms with Crippen LogP contribution in [0, 0.1) is 0 Å². The summed E-state index contributed by atoms with van der Waals surface area (Å²) in [5, 5.41) is 3.32. The van der Waals surface area contributed by atoms with Gasteiger partial charge in [-0.1, -0.05) is 6.07 Å². The average molecular weight is 209 g/mol. The van der Waals surface area contributed by atoms with Gasteiger partial charge >= 0.3 is 0 Å². The predicted molar refractivity (Wildman–Crippen MR) is 61.0 cm³/mol. The van der Waals surface area contributed by atoms with Crippen LogP contribution in [0.25, 0.3) is 0 Å². The van der Waals surface area contributed by atoms with Crippen molar-refractivity contribution in [1.29, 1.82) is 0 Å². The SMILES string of the molecule is COc1cccc(CNCCN(C)C)n1. The number of methoxy groups -OCH3 is 1. The summed E-state index contributed by atoms with van der Waals surface area (Å²) in [7, 11) is 5.75. The molecule has 1 N–H and O–H groups in total. The fraction of sp³-hybridized carbons (Fsp3) is 0.545. The highest BCUT2D eigenvalue weighted by Crippen LogP contribution is 2.05. The third-order valence-corrected chi connectivity index (χ3v) is 2.03. The Balaban J connectivity index is 2.30. The summed E-state index contributed by atoms with van der Waals surface area (Å²) >= 11 is 0. The molecule has 0 aliphatic carbocycles. The number of ether oxygens (including phenoxy) is 1. The second kappa shape index (κ2) is 6.37. The summed E-state index contributed by atoms with van der Waals surface area (Å²) in [5.41, 5.74) is 1.01. The van der Waals surface area contributed by atoms with E-state index in [1.807, 2.05) is 18.2 Å². The Morgan fingerprint density at radius 1 is 1.40 bits per heavy atom. The van der Waals surface area contributed by atoms with Gasteiger partial charge in [-0.15, -0.1) is 0 Å². The molecule has 0 amide bonds. The molecule has 0 spiro atoms. The van der Waals surface area contributed by atoms with Gasteiger partial charge in [-0.3, -0.25) is 0 Å². The maximum Gasteiger partial charge on any atom is 0.213 e. The fourth-order valence-electron chi connectivity index (χ4n) is 1.19. The molecular formula is C11H19N3O. The van der Waals surface area contributed by atoms with E-state index in [9.17, 15) is 0 Å². The van der Waals surface area contributed by atoms with Crippen LogP contribution in [0.3, 0.4) is 0 Å². The van der Waals surface area contributed by atoms with Gasteiger partial charge in [-0.2, -0.15) is 0 Å². The maximum atomic E-state index is 5.05. The summed E-state index contributed by atoms with van der Waals surface area (Å²) in [6.07, 6.45) is 0. The first-order valence-corrected chi connectivity index (χ1v) is 5.07.